The number of nitrogens with zero attached hydrogens (tertiary/aromatic N) is 1. The van der Waals surface area contributed by atoms with Crippen molar-refractivity contribution in [3.63, 3.8) is 0 Å². The average Bonchev–Trinajstić information content (AvgIpc) is 2.62. The third-order valence-corrected chi connectivity index (χ3v) is 4.58. The first kappa shape index (κ1) is 17.2. The highest BCUT2D eigenvalue weighted by atomic mass is 16.2. The highest BCUT2D eigenvalue weighted by Crippen LogP contribution is 2.27. The summed E-state index contributed by atoms with van der Waals surface area (Å²) < 4.78 is 0. The van der Waals surface area contributed by atoms with Gasteiger partial charge in [0, 0.05) is 30.8 Å². The van der Waals surface area contributed by atoms with Gasteiger partial charge in [0.25, 0.3) is 0 Å². The van der Waals surface area contributed by atoms with Gasteiger partial charge in [0.05, 0.1) is 0 Å². The van der Waals surface area contributed by atoms with Gasteiger partial charge in [-0.3, -0.25) is 9.59 Å². The fourth-order valence-electron chi connectivity index (χ4n) is 3.22. The summed E-state index contributed by atoms with van der Waals surface area (Å²) >= 11 is 0. The number of carbonyl (C=O) groups excluding carboxylic acids is 2. The fourth-order valence-corrected chi connectivity index (χ4v) is 3.22. The summed E-state index contributed by atoms with van der Waals surface area (Å²) in [7, 11) is 0. The maximum atomic E-state index is 12.2. The van der Waals surface area contributed by atoms with E-state index in [4.69, 9.17) is 0 Å². The molecule has 3 rings (SSSR count). The van der Waals surface area contributed by atoms with Crippen LogP contribution in [-0.4, -0.2) is 18.4 Å². The zero-order valence-electron chi connectivity index (χ0n) is 14.6. The molecule has 130 valence electrons. The molecule has 1 aliphatic heterocycles. The predicted octanol–water partition coefficient (Wildman–Crippen LogP) is 4.08. The van der Waals surface area contributed by atoms with Gasteiger partial charge in [0.1, 0.15) is 0 Å². The maximum Gasteiger partial charge on any atom is 0.226 e. The lowest BCUT2D eigenvalue weighted by atomic mass is 10.1. The van der Waals surface area contributed by atoms with E-state index in [1.54, 1.807) is 0 Å². The van der Waals surface area contributed by atoms with E-state index in [0.717, 1.165) is 48.3 Å². The van der Waals surface area contributed by atoms with Crippen LogP contribution < -0.4 is 10.2 Å². The molecule has 1 saturated heterocycles. The lowest BCUT2D eigenvalue weighted by Crippen LogP contribution is -2.35. The van der Waals surface area contributed by atoms with E-state index in [1.807, 2.05) is 60.4 Å². The molecule has 25 heavy (non-hydrogen) atoms. The summed E-state index contributed by atoms with van der Waals surface area (Å²) in [6.07, 6.45) is 3.83. The molecule has 0 aliphatic carbocycles. The van der Waals surface area contributed by atoms with Crippen LogP contribution in [-0.2, 0) is 16.0 Å². The molecule has 0 atom stereocenters. The minimum atomic E-state index is 0.00468. The number of benzene rings is 2. The summed E-state index contributed by atoms with van der Waals surface area (Å²) in [4.78, 5) is 26.1. The Morgan fingerprint density at radius 2 is 1.92 bits per heavy atom. The minimum absolute atomic E-state index is 0.00468. The number of anilines is 2. The summed E-state index contributed by atoms with van der Waals surface area (Å²) in [5.74, 6) is 0.194. The Kier molecular flexibility index (Phi) is 5.49. The van der Waals surface area contributed by atoms with Crippen molar-refractivity contribution in [1.82, 2.24) is 0 Å². The van der Waals surface area contributed by atoms with E-state index < -0.39 is 0 Å². The zero-order valence-corrected chi connectivity index (χ0v) is 14.6. The van der Waals surface area contributed by atoms with Crippen LogP contribution >= 0.6 is 0 Å². The number of aryl methyl sites for hydroxylation is 2. The summed E-state index contributed by atoms with van der Waals surface area (Å²) in [6, 6.07) is 15.8. The number of carbonyl (C=O) groups is 2. The average molecular weight is 336 g/mol. The fraction of sp³-hybridized carbons (Fsp3) is 0.333. The second kappa shape index (κ2) is 7.97. The number of hydrogen-bond donors (Lipinski definition) is 1. The summed E-state index contributed by atoms with van der Waals surface area (Å²) in [5.41, 5.74) is 3.90. The maximum absolute atomic E-state index is 12.2. The Morgan fingerprint density at radius 3 is 2.64 bits per heavy atom. The van der Waals surface area contributed by atoms with Crippen molar-refractivity contribution in [2.75, 3.05) is 16.8 Å². The van der Waals surface area contributed by atoms with E-state index in [1.165, 1.54) is 0 Å². The molecule has 2 aromatic rings. The molecule has 4 heteroatoms. The molecule has 1 aliphatic rings. The molecular weight excluding hydrogens is 312 g/mol. The van der Waals surface area contributed by atoms with Crippen LogP contribution in [0.5, 0.6) is 0 Å². The van der Waals surface area contributed by atoms with Gasteiger partial charge in [-0.25, -0.2) is 0 Å². The van der Waals surface area contributed by atoms with E-state index in [-0.39, 0.29) is 11.8 Å². The molecule has 0 saturated carbocycles. The molecule has 0 radical (unpaired) electrons. The van der Waals surface area contributed by atoms with Gasteiger partial charge in [0.15, 0.2) is 0 Å². The van der Waals surface area contributed by atoms with Crippen molar-refractivity contribution in [1.29, 1.82) is 0 Å². The van der Waals surface area contributed by atoms with Gasteiger partial charge >= 0.3 is 0 Å². The zero-order chi connectivity index (χ0) is 17.6. The molecule has 0 bridgehead atoms. The van der Waals surface area contributed by atoms with Gasteiger partial charge in [-0.2, -0.15) is 0 Å². The van der Waals surface area contributed by atoms with Gasteiger partial charge in [0.2, 0.25) is 11.8 Å². The predicted molar refractivity (Wildman–Crippen MR) is 101 cm³/mol. The number of nitrogens with one attached hydrogen (secondary N) is 1. The Morgan fingerprint density at radius 1 is 1.12 bits per heavy atom. The van der Waals surface area contributed by atoms with Crippen LogP contribution in [0.3, 0.4) is 0 Å². The number of hydrogen-bond acceptors (Lipinski definition) is 2. The smallest absolute Gasteiger partial charge is 0.226 e. The third-order valence-electron chi connectivity index (χ3n) is 4.58. The molecule has 2 amide bonds. The van der Waals surface area contributed by atoms with Crippen molar-refractivity contribution < 1.29 is 9.59 Å². The minimum Gasteiger partial charge on any atom is -0.326 e. The Labute approximate surface area is 148 Å². The first-order valence-corrected chi connectivity index (χ1v) is 8.88. The number of amides is 2. The second-order valence-electron chi connectivity index (χ2n) is 6.54. The van der Waals surface area contributed by atoms with Crippen LogP contribution in [0.4, 0.5) is 11.4 Å². The van der Waals surface area contributed by atoms with E-state index in [2.05, 4.69) is 5.32 Å². The first-order valence-electron chi connectivity index (χ1n) is 8.88. The molecule has 0 aromatic heterocycles. The number of piperidine rings is 1. The highest BCUT2D eigenvalue weighted by Gasteiger charge is 2.21. The van der Waals surface area contributed by atoms with Gasteiger partial charge < -0.3 is 10.2 Å². The van der Waals surface area contributed by atoms with Gasteiger partial charge in [-0.1, -0.05) is 30.3 Å². The Bertz CT molecular complexity index is 756. The van der Waals surface area contributed by atoms with Crippen molar-refractivity contribution in [2.45, 2.75) is 39.0 Å². The monoisotopic (exact) mass is 336 g/mol. The van der Waals surface area contributed by atoms with Gasteiger partial charge in [-0.15, -0.1) is 0 Å². The SMILES string of the molecule is Cc1cc(NC(=O)CCc2ccccc2)ccc1N1CCCCC1=O. The summed E-state index contributed by atoms with van der Waals surface area (Å²) in [5, 5.41) is 2.95. The van der Waals surface area contributed by atoms with Crippen LogP contribution in [0.15, 0.2) is 48.5 Å². The molecule has 1 heterocycles. The van der Waals surface area contributed by atoms with Crippen LogP contribution in [0.2, 0.25) is 0 Å². The lowest BCUT2D eigenvalue weighted by Gasteiger charge is -2.28. The van der Waals surface area contributed by atoms with Crippen LogP contribution in [0, 0.1) is 6.92 Å². The summed E-state index contributed by atoms with van der Waals surface area (Å²) in [6.45, 7) is 2.76. The standard InChI is InChI=1S/C21H24N2O2/c1-16-15-18(11-12-19(16)23-14-6-5-9-21(23)25)22-20(24)13-10-17-7-3-2-4-8-17/h2-4,7-8,11-12,15H,5-6,9-10,13-14H2,1H3,(H,22,24). The molecule has 1 fully saturated rings. The van der Waals surface area contributed by atoms with E-state index >= 15 is 0 Å². The van der Waals surface area contributed by atoms with Crippen LogP contribution in [0.1, 0.15) is 36.8 Å². The molecular formula is C21H24N2O2. The molecule has 2 aromatic carbocycles. The van der Waals surface area contributed by atoms with Crippen molar-refractivity contribution in [2.24, 2.45) is 0 Å². The molecule has 0 spiro atoms. The normalized spacial score (nSPS) is 14.4. The van der Waals surface area contributed by atoms with Crippen LogP contribution in [0.25, 0.3) is 0 Å². The molecule has 1 N–H and O–H groups in total. The quantitative estimate of drug-likeness (QED) is 0.894. The first-order chi connectivity index (χ1) is 12.1. The topological polar surface area (TPSA) is 49.4 Å². The van der Waals surface area contributed by atoms with Crippen molar-refractivity contribution in [3.8, 4) is 0 Å². The van der Waals surface area contributed by atoms with E-state index in [9.17, 15) is 9.59 Å². The Hall–Kier alpha value is -2.62. The lowest BCUT2D eigenvalue weighted by molar-refractivity contribution is -0.119. The largest absolute Gasteiger partial charge is 0.326 e. The van der Waals surface area contributed by atoms with Crippen molar-refractivity contribution in [3.05, 3.63) is 59.7 Å². The second-order valence-corrected chi connectivity index (χ2v) is 6.54. The third kappa shape index (κ3) is 4.47. The highest BCUT2D eigenvalue weighted by molar-refractivity contribution is 5.96. The van der Waals surface area contributed by atoms with Crippen molar-refractivity contribution >= 4 is 23.2 Å². The van der Waals surface area contributed by atoms with Gasteiger partial charge in [-0.05, 0) is 55.5 Å². The molecule has 4 nitrogen and oxygen atoms in total. The number of rotatable bonds is 5. The molecule has 0 unspecified atom stereocenters. The Balaban J connectivity index is 1.60. The van der Waals surface area contributed by atoms with E-state index in [0.29, 0.717) is 12.8 Å².